The zero-order valence-corrected chi connectivity index (χ0v) is 14.6. The van der Waals surface area contributed by atoms with Crippen molar-refractivity contribution >= 4 is 17.7 Å². The van der Waals surface area contributed by atoms with Crippen LogP contribution in [0.25, 0.3) is 0 Å². The van der Waals surface area contributed by atoms with E-state index >= 15 is 0 Å². The minimum atomic E-state index is -0.230. The van der Waals surface area contributed by atoms with Crippen molar-refractivity contribution in [1.82, 2.24) is 4.90 Å². The molecule has 0 bridgehead atoms. The molecule has 0 spiro atoms. The van der Waals surface area contributed by atoms with Crippen LogP contribution in [-0.2, 0) is 6.54 Å². The van der Waals surface area contributed by atoms with Crippen molar-refractivity contribution in [3.8, 4) is 5.75 Å². The second kappa shape index (κ2) is 8.34. The number of nitrogens with one attached hydrogen (secondary N) is 1. The molecule has 2 aromatic carbocycles. The van der Waals surface area contributed by atoms with Crippen molar-refractivity contribution in [2.75, 3.05) is 26.0 Å². The third-order valence-electron chi connectivity index (χ3n) is 3.81. The largest absolute Gasteiger partial charge is 0.495 e. The van der Waals surface area contributed by atoms with E-state index in [4.69, 9.17) is 4.74 Å². The first-order valence-electron chi connectivity index (χ1n) is 7.95. The summed E-state index contributed by atoms with van der Waals surface area (Å²) < 4.78 is 18.4. The van der Waals surface area contributed by atoms with Crippen LogP contribution in [0.15, 0.2) is 41.4 Å². The fourth-order valence-corrected chi connectivity index (χ4v) is 2.17. The zero-order chi connectivity index (χ0) is 17.5. The highest BCUT2D eigenvalue weighted by atomic mass is 19.1. The second-order valence-corrected chi connectivity index (χ2v) is 5.64. The molecule has 0 saturated heterocycles. The Labute approximate surface area is 143 Å². The van der Waals surface area contributed by atoms with Crippen LogP contribution >= 0.6 is 0 Å². The highest BCUT2D eigenvalue weighted by Crippen LogP contribution is 2.33. The molecule has 0 amide bonds. The number of nitrogens with zero attached hydrogens (tertiary/aromatic N) is 2. The van der Waals surface area contributed by atoms with Gasteiger partial charge in [-0.25, -0.2) is 9.38 Å². The van der Waals surface area contributed by atoms with Gasteiger partial charge in [-0.2, -0.15) is 0 Å². The van der Waals surface area contributed by atoms with E-state index in [0.717, 1.165) is 34.8 Å². The van der Waals surface area contributed by atoms with Gasteiger partial charge < -0.3 is 15.0 Å². The topological polar surface area (TPSA) is 36.9 Å². The third kappa shape index (κ3) is 4.72. The Morgan fingerprint density at radius 1 is 1.25 bits per heavy atom. The number of benzene rings is 2. The van der Waals surface area contributed by atoms with Crippen LogP contribution < -0.4 is 10.1 Å². The molecule has 0 saturated carbocycles. The molecule has 0 fully saturated rings. The Kier molecular flexibility index (Phi) is 6.18. The lowest BCUT2D eigenvalue weighted by Crippen LogP contribution is -2.14. The van der Waals surface area contributed by atoms with Crippen molar-refractivity contribution in [2.24, 2.45) is 4.99 Å². The van der Waals surface area contributed by atoms with Gasteiger partial charge in [-0.05, 0) is 43.2 Å². The van der Waals surface area contributed by atoms with Gasteiger partial charge in [0, 0.05) is 26.2 Å². The number of hydrogen-bond donors (Lipinski definition) is 1. The quantitative estimate of drug-likeness (QED) is 0.605. The van der Waals surface area contributed by atoms with E-state index in [9.17, 15) is 4.39 Å². The van der Waals surface area contributed by atoms with E-state index in [-0.39, 0.29) is 5.82 Å². The summed E-state index contributed by atoms with van der Waals surface area (Å²) in [5.74, 6) is 0.500. The molecular weight excluding hydrogens is 305 g/mol. The van der Waals surface area contributed by atoms with E-state index in [2.05, 4.69) is 17.2 Å². The minimum Gasteiger partial charge on any atom is -0.495 e. The van der Waals surface area contributed by atoms with Crippen LogP contribution in [0.4, 0.5) is 15.8 Å². The van der Waals surface area contributed by atoms with Crippen LogP contribution in [0.2, 0.25) is 0 Å². The molecule has 5 heteroatoms. The van der Waals surface area contributed by atoms with Crippen molar-refractivity contribution in [1.29, 1.82) is 0 Å². The Bertz CT molecular complexity index is 699. The van der Waals surface area contributed by atoms with Crippen LogP contribution in [-0.4, -0.2) is 31.9 Å². The van der Waals surface area contributed by atoms with Gasteiger partial charge in [0.25, 0.3) is 0 Å². The average Bonchev–Trinajstić information content (AvgIpc) is 2.60. The van der Waals surface area contributed by atoms with Crippen LogP contribution in [0.3, 0.4) is 0 Å². The lowest BCUT2D eigenvalue weighted by atomic mass is 10.1. The Morgan fingerprint density at radius 2 is 1.96 bits per heavy atom. The van der Waals surface area contributed by atoms with Gasteiger partial charge in [-0.3, -0.25) is 0 Å². The molecule has 0 aliphatic carbocycles. The normalized spacial score (nSPS) is 10.9. The molecule has 2 rings (SSSR count). The highest BCUT2D eigenvalue weighted by Gasteiger charge is 2.08. The second-order valence-electron chi connectivity index (χ2n) is 5.64. The number of aryl methyl sites for hydroxylation is 1. The lowest BCUT2D eigenvalue weighted by molar-refractivity contribution is 0.416. The van der Waals surface area contributed by atoms with E-state index < -0.39 is 0 Å². The van der Waals surface area contributed by atoms with Gasteiger partial charge in [-0.15, -0.1) is 0 Å². The average molecular weight is 329 g/mol. The molecule has 0 unspecified atom stereocenters. The van der Waals surface area contributed by atoms with E-state index in [1.807, 2.05) is 37.3 Å². The molecule has 0 aliphatic heterocycles. The number of methoxy groups -OCH3 is 1. The Balaban J connectivity index is 2.16. The monoisotopic (exact) mass is 329 g/mol. The third-order valence-corrected chi connectivity index (χ3v) is 3.81. The zero-order valence-electron chi connectivity index (χ0n) is 14.6. The summed E-state index contributed by atoms with van der Waals surface area (Å²) in [6.45, 7) is 5.58. The maximum absolute atomic E-state index is 13.0. The first-order chi connectivity index (χ1) is 11.5. The molecule has 1 N–H and O–H groups in total. The van der Waals surface area contributed by atoms with E-state index in [1.165, 1.54) is 12.1 Å². The fraction of sp³-hybridized carbons (Fsp3) is 0.316. The SMILES string of the molecule is CCN(C)C=Nc1cc(OC)c(NCc2ccc(F)cc2)cc1C. The van der Waals surface area contributed by atoms with Crippen molar-refractivity contribution < 1.29 is 9.13 Å². The standard InChI is InChI=1S/C19H24FN3O/c1-5-23(3)13-22-17-11-19(24-4)18(10-14(17)2)21-12-15-6-8-16(20)9-7-15/h6-11,13,21H,5,12H2,1-4H3. The predicted octanol–water partition coefficient (Wildman–Crippen LogP) is 4.37. The number of anilines is 1. The molecule has 0 aromatic heterocycles. The number of halogens is 1. The summed E-state index contributed by atoms with van der Waals surface area (Å²) >= 11 is 0. The van der Waals surface area contributed by atoms with Crippen LogP contribution in [0.1, 0.15) is 18.1 Å². The number of hydrogen-bond acceptors (Lipinski definition) is 3. The van der Waals surface area contributed by atoms with Gasteiger partial charge >= 0.3 is 0 Å². The molecule has 0 radical (unpaired) electrons. The first kappa shape index (κ1) is 17.8. The number of ether oxygens (including phenoxy) is 1. The van der Waals surface area contributed by atoms with Gasteiger partial charge in [-0.1, -0.05) is 12.1 Å². The Hall–Kier alpha value is -2.56. The summed E-state index contributed by atoms with van der Waals surface area (Å²) in [6, 6.07) is 10.4. The van der Waals surface area contributed by atoms with Crippen LogP contribution in [0, 0.1) is 12.7 Å². The van der Waals surface area contributed by atoms with E-state index in [0.29, 0.717) is 6.54 Å². The van der Waals surface area contributed by atoms with Gasteiger partial charge in [0.2, 0.25) is 0 Å². The maximum Gasteiger partial charge on any atom is 0.144 e. The summed E-state index contributed by atoms with van der Waals surface area (Å²) in [4.78, 5) is 6.51. The molecule has 4 nitrogen and oxygen atoms in total. The summed E-state index contributed by atoms with van der Waals surface area (Å²) in [7, 11) is 3.62. The number of aliphatic imine (C=N–C) groups is 1. The minimum absolute atomic E-state index is 0.230. The highest BCUT2D eigenvalue weighted by molar-refractivity contribution is 5.70. The van der Waals surface area contributed by atoms with Gasteiger partial charge in [0.05, 0.1) is 24.8 Å². The first-order valence-corrected chi connectivity index (χ1v) is 7.95. The summed E-state index contributed by atoms with van der Waals surface area (Å²) in [5, 5.41) is 3.33. The summed E-state index contributed by atoms with van der Waals surface area (Å²) in [5.41, 5.74) is 3.82. The Morgan fingerprint density at radius 3 is 2.58 bits per heavy atom. The smallest absolute Gasteiger partial charge is 0.144 e. The summed E-state index contributed by atoms with van der Waals surface area (Å²) in [6.07, 6.45) is 1.81. The molecule has 24 heavy (non-hydrogen) atoms. The van der Waals surface area contributed by atoms with Crippen molar-refractivity contribution in [3.05, 3.63) is 53.3 Å². The molecule has 0 heterocycles. The molecule has 128 valence electrons. The molecular formula is C19H24FN3O. The van der Waals surface area contributed by atoms with Crippen molar-refractivity contribution in [3.63, 3.8) is 0 Å². The number of rotatable bonds is 7. The van der Waals surface area contributed by atoms with Crippen LogP contribution in [0.5, 0.6) is 5.75 Å². The fourth-order valence-electron chi connectivity index (χ4n) is 2.17. The van der Waals surface area contributed by atoms with Crippen molar-refractivity contribution in [2.45, 2.75) is 20.4 Å². The molecule has 0 atom stereocenters. The maximum atomic E-state index is 13.0. The van der Waals surface area contributed by atoms with E-state index in [1.54, 1.807) is 19.2 Å². The predicted molar refractivity (Wildman–Crippen MR) is 97.9 cm³/mol. The molecule has 2 aromatic rings. The lowest BCUT2D eigenvalue weighted by Gasteiger charge is -2.14. The molecule has 0 aliphatic rings. The van der Waals surface area contributed by atoms with Gasteiger partial charge in [0.1, 0.15) is 11.6 Å². The van der Waals surface area contributed by atoms with Gasteiger partial charge in [0.15, 0.2) is 0 Å².